The fourth-order valence-corrected chi connectivity index (χ4v) is 3.61. The lowest BCUT2D eigenvalue weighted by molar-refractivity contribution is -0.141. The molecule has 0 aromatic carbocycles. The van der Waals surface area contributed by atoms with E-state index < -0.39 is 18.1 Å². The molecule has 6 N–H and O–H groups in total. The normalized spacial score (nSPS) is 12.1. The van der Waals surface area contributed by atoms with Crippen LogP contribution >= 0.6 is 25.4 Å². The summed E-state index contributed by atoms with van der Waals surface area (Å²) < 4.78 is 23.6. The van der Waals surface area contributed by atoms with Gasteiger partial charge in [-0.25, -0.2) is 4.79 Å². The monoisotopic (exact) mass is 641 g/mol. The number of aliphatic carboxylic acids is 1. The van der Waals surface area contributed by atoms with Gasteiger partial charge in [-0.05, 0) is 25.7 Å². The SMILES string of the molecule is O=CNC(CCC(=O)NCCOCCOCC(=O)NCCOCCOCC(=O)NCCCCC(NS)C(=O)S)C(=O)O. The Labute approximate surface area is 256 Å². The summed E-state index contributed by atoms with van der Waals surface area (Å²) >= 11 is 7.63. The van der Waals surface area contributed by atoms with Crippen molar-refractivity contribution in [3.63, 3.8) is 0 Å². The van der Waals surface area contributed by atoms with Crippen molar-refractivity contribution < 1.29 is 52.8 Å². The van der Waals surface area contributed by atoms with E-state index in [4.69, 9.17) is 24.1 Å². The molecule has 0 aliphatic heterocycles. The van der Waals surface area contributed by atoms with Gasteiger partial charge in [-0.2, -0.15) is 0 Å². The number of hydrogen-bond acceptors (Lipinski definition) is 12. The van der Waals surface area contributed by atoms with Gasteiger partial charge in [0.15, 0.2) is 0 Å². The van der Waals surface area contributed by atoms with E-state index in [-0.39, 0.29) is 108 Å². The number of carboxylic acids is 1. The summed E-state index contributed by atoms with van der Waals surface area (Å²) in [5.41, 5.74) is 0. The van der Waals surface area contributed by atoms with Gasteiger partial charge in [0, 0.05) is 26.1 Å². The van der Waals surface area contributed by atoms with Crippen LogP contribution < -0.4 is 26.0 Å². The molecule has 0 heterocycles. The summed E-state index contributed by atoms with van der Waals surface area (Å²) in [6.07, 6.45) is 2.20. The van der Waals surface area contributed by atoms with Crippen molar-refractivity contribution in [1.29, 1.82) is 0 Å². The molecule has 0 fully saturated rings. The molecule has 2 unspecified atom stereocenters. The van der Waals surface area contributed by atoms with Crippen molar-refractivity contribution in [2.45, 2.75) is 44.2 Å². The Morgan fingerprint density at radius 1 is 0.690 bits per heavy atom. The largest absolute Gasteiger partial charge is 0.480 e. The summed E-state index contributed by atoms with van der Waals surface area (Å²) in [6.45, 7) is 2.04. The highest BCUT2D eigenvalue weighted by atomic mass is 32.1. The smallest absolute Gasteiger partial charge is 0.326 e. The summed E-state index contributed by atoms with van der Waals surface area (Å²) in [5.74, 6) is -2.15. The zero-order chi connectivity index (χ0) is 31.4. The van der Waals surface area contributed by atoms with Crippen molar-refractivity contribution in [2.24, 2.45) is 0 Å². The average molecular weight is 642 g/mol. The first-order chi connectivity index (χ1) is 20.2. The van der Waals surface area contributed by atoms with E-state index in [9.17, 15) is 28.8 Å². The van der Waals surface area contributed by atoms with Crippen LogP contribution in [0.3, 0.4) is 0 Å². The van der Waals surface area contributed by atoms with E-state index >= 15 is 0 Å². The first-order valence-corrected chi connectivity index (χ1v) is 14.3. The van der Waals surface area contributed by atoms with Crippen LogP contribution in [0.5, 0.6) is 0 Å². The second-order valence-corrected chi connectivity index (χ2v) is 9.31. The fraction of sp³-hybridized carbons (Fsp3) is 0.750. The molecule has 42 heavy (non-hydrogen) atoms. The maximum absolute atomic E-state index is 11.7. The first kappa shape index (κ1) is 39.5. The highest BCUT2D eigenvalue weighted by Crippen LogP contribution is 2.04. The Morgan fingerprint density at radius 2 is 1.21 bits per heavy atom. The van der Waals surface area contributed by atoms with E-state index in [1.165, 1.54) is 0 Å². The molecular weight excluding hydrogens is 598 g/mol. The molecule has 242 valence electrons. The average Bonchev–Trinajstić information content (AvgIpc) is 2.95. The van der Waals surface area contributed by atoms with Crippen molar-refractivity contribution in [1.82, 2.24) is 26.0 Å². The molecule has 0 aliphatic rings. The summed E-state index contributed by atoms with van der Waals surface area (Å²) in [5, 5.41) is 18.6. The highest BCUT2D eigenvalue weighted by molar-refractivity contribution is 7.96. The van der Waals surface area contributed by atoms with Crippen molar-refractivity contribution in [3.8, 4) is 0 Å². The molecule has 18 heteroatoms. The van der Waals surface area contributed by atoms with E-state index in [0.717, 1.165) is 6.42 Å². The van der Waals surface area contributed by atoms with Gasteiger partial charge in [0.2, 0.25) is 29.2 Å². The van der Waals surface area contributed by atoms with Gasteiger partial charge >= 0.3 is 5.97 Å². The van der Waals surface area contributed by atoms with Crippen molar-refractivity contribution in [3.05, 3.63) is 0 Å². The third kappa shape index (κ3) is 24.2. The molecule has 0 aromatic rings. The molecule has 0 rings (SSSR count). The fourth-order valence-electron chi connectivity index (χ4n) is 3.07. The molecule has 2 atom stereocenters. The molecule has 4 amide bonds. The van der Waals surface area contributed by atoms with Gasteiger partial charge in [-0.3, -0.25) is 28.7 Å². The Morgan fingerprint density at radius 3 is 1.71 bits per heavy atom. The van der Waals surface area contributed by atoms with E-state index in [0.29, 0.717) is 19.4 Å². The lowest BCUT2D eigenvalue weighted by Crippen LogP contribution is -2.37. The number of amides is 4. The Bertz CT molecular complexity index is 811. The Kier molecular flexibility index (Phi) is 25.7. The predicted molar refractivity (Wildman–Crippen MR) is 156 cm³/mol. The number of carbonyl (C=O) groups excluding carboxylic acids is 5. The lowest BCUT2D eigenvalue weighted by Gasteiger charge is -2.11. The first-order valence-electron chi connectivity index (χ1n) is 13.4. The number of thiol groups is 2. The van der Waals surface area contributed by atoms with E-state index in [1.807, 2.05) is 0 Å². The third-order valence-electron chi connectivity index (χ3n) is 5.27. The molecule has 0 radical (unpaired) electrons. The minimum atomic E-state index is -1.21. The van der Waals surface area contributed by atoms with E-state index in [2.05, 4.69) is 51.4 Å². The zero-order valence-electron chi connectivity index (χ0n) is 23.5. The minimum Gasteiger partial charge on any atom is -0.480 e. The number of carboxylic acid groups (broad SMARTS) is 1. The van der Waals surface area contributed by atoms with Crippen LogP contribution in [0.25, 0.3) is 0 Å². The zero-order valence-corrected chi connectivity index (χ0v) is 25.3. The van der Waals surface area contributed by atoms with E-state index in [1.54, 1.807) is 0 Å². The van der Waals surface area contributed by atoms with Gasteiger partial charge in [0.1, 0.15) is 19.3 Å². The minimum absolute atomic E-state index is 0.0285. The number of rotatable bonds is 29. The summed E-state index contributed by atoms with van der Waals surface area (Å²) in [4.78, 5) is 67.5. The Hall–Kier alpha value is -2.48. The molecular formula is C24H43N5O11S2. The maximum Gasteiger partial charge on any atom is 0.326 e. The van der Waals surface area contributed by atoms with Gasteiger partial charge < -0.3 is 45.3 Å². The second kappa shape index (κ2) is 27.4. The number of unbranched alkanes of at least 4 members (excludes halogenated alkanes) is 1. The van der Waals surface area contributed by atoms with Crippen LogP contribution in [0.4, 0.5) is 0 Å². The third-order valence-corrected chi connectivity index (χ3v) is 5.89. The topological polar surface area (TPSA) is 220 Å². The maximum atomic E-state index is 11.7. The molecule has 0 saturated carbocycles. The molecule has 16 nitrogen and oxygen atoms in total. The van der Waals surface area contributed by atoms with Gasteiger partial charge in [-0.15, -0.1) is 12.6 Å². The Balaban J connectivity index is 3.49. The quantitative estimate of drug-likeness (QED) is 0.0248. The number of ether oxygens (including phenoxy) is 4. The second-order valence-electron chi connectivity index (χ2n) is 8.61. The number of hydrogen-bond donors (Lipinski definition) is 8. The van der Waals surface area contributed by atoms with Gasteiger partial charge in [0.25, 0.3) is 0 Å². The van der Waals surface area contributed by atoms with Crippen molar-refractivity contribution >= 4 is 60.7 Å². The summed E-state index contributed by atoms with van der Waals surface area (Å²) in [6, 6.07) is -1.53. The molecule has 0 bridgehead atoms. The molecule has 0 spiro atoms. The lowest BCUT2D eigenvalue weighted by atomic mass is 10.1. The van der Waals surface area contributed by atoms with Crippen LogP contribution in [0.1, 0.15) is 32.1 Å². The number of nitrogens with one attached hydrogen (secondary N) is 5. The summed E-state index contributed by atoms with van der Waals surface area (Å²) in [7, 11) is 0. The molecule has 0 saturated heterocycles. The predicted octanol–water partition coefficient (Wildman–Crippen LogP) is -2.19. The molecule has 0 aliphatic carbocycles. The number of carbonyl (C=O) groups is 6. The van der Waals surface area contributed by atoms with Crippen LogP contribution in [0.15, 0.2) is 0 Å². The van der Waals surface area contributed by atoms with Crippen LogP contribution in [-0.2, 0) is 47.7 Å². The van der Waals surface area contributed by atoms with Crippen LogP contribution in [0, 0.1) is 0 Å². The standard InChI is InChI=1S/C24H43N5O11S2/c30-17-28-18(23(34)35)4-5-20(31)26-7-9-37-11-14-40-16-22(33)27-8-10-38-12-13-39-15-21(32)25-6-2-1-3-19(29-42)24(36)41/h17-19,29,42H,1-16H2,(H,25,32)(H,26,31)(H,27,33)(H,28,30)(H,34,35)(H,36,41). The highest BCUT2D eigenvalue weighted by Gasteiger charge is 2.17. The molecule has 0 aromatic heterocycles. The van der Waals surface area contributed by atoms with Crippen molar-refractivity contribution in [2.75, 3.05) is 72.5 Å². The van der Waals surface area contributed by atoms with Crippen LogP contribution in [-0.4, -0.2) is 125 Å². The van der Waals surface area contributed by atoms with Crippen LogP contribution in [0.2, 0.25) is 0 Å². The van der Waals surface area contributed by atoms with Gasteiger partial charge in [0.05, 0.1) is 45.7 Å². The van der Waals surface area contributed by atoms with Gasteiger partial charge in [-0.1, -0.05) is 12.8 Å².